The molecule has 98 valence electrons. The Hall–Kier alpha value is -1.56. The van der Waals surface area contributed by atoms with Crippen LogP contribution in [-0.4, -0.2) is 29.2 Å². The zero-order valence-electron chi connectivity index (χ0n) is 10.2. The molecule has 1 saturated heterocycles. The van der Waals surface area contributed by atoms with Crippen molar-refractivity contribution in [3.63, 3.8) is 0 Å². The van der Waals surface area contributed by atoms with Gasteiger partial charge in [-0.25, -0.2) is 0 Å². The number of ether oxygens (including phenoxy) is 1. The second-order valence-corrected chi connectivity index (χ2v) is 5.02. The molecule has 0 aliphatic carbocycles. The van der Waals surface area contributed by atoms with Gasteiger partial charge in [-0.2, -0.15) is 4.98 Å². The van der Waals surface area contributed by atoms with E-state index in [0.29, 0.717) is 17.8 Å². The van der Waals surface area contributed by atoms with Gasteiger partial charge in [-0.15, -0.1) is 0 Å². The highest BCUT2D eigenvalue weighted by Crippen LogP contribution is 2.29. The van der Waals surface area contributed by atoms with Gasteiger partial charge in [-0.1, -0.05) is 0 Å². The summed E-state index contributed by atoms with van der Waals surface area (Å²) in [5.74, 6) is 1.45. The van der Waals surface area contributed by atoms with E-state index in [1.807, 2.05) is 0 Å². The first-order valence-corrected chi connectivity index (χ1v) is 6.47. The largest absolute Gasteiger partial charge is 0.381 e. The smallest absolute Gasteiger partial charge is 0.257 e. The van der Waals surface area contributed by atoms with Gasteiger partial charge in [0.1, 0.15) is 5.82 Å². The highest BCUT2D eigenvalue weighted by molar-refractivity contribution is 5.49. The van der Waals surface area contributed by atoms with Crippen LogP contribution in [0.2, 0.25) is 0 Å². The molecule has 6 heteroatoms. The minimum Gasteiger partial charge on any atom is -0.381 e. The van der Waals surface area contributed by atoms with Crippen molar-refractivity contribution < 1.29 is 4.74 Å². The molecule has 6 nitrogen and oxygen atoms in total. The quantitative estimate of drug-likeness (QED) is 0.675. The van der Waals surface area contributed by atoms with E-state index in [1.165, 1.54) is 0 Å². The summed E-state index contributed by atoms with van der Waals surface area (Å²) in [6, 6.07) is 0.384. The molecule has 1 aromatic rings. The van der Waals surface area contributed by atoms with Gasteiger partial charge in [0.25, 0.3) is 5.56 Å². The number of hydrogen-bond donors (Lipinski definition) is 3. The Balaban J connectivity index is 1.82. The van der Waals surface area contributed by atoms with Crippen LogP contribution in [0.3, 0.4) is 0 Å². The zero-order valence-corrected chi connectivity index (χ0v) is 10.2. The minimum atomic E-state index is -0.115. The summed E-state index contributed by atoms with van der Waals surface area (Å²) in [6.45, 7) is 1.67. The van der Waals surface area contributed by atoms with Crippen LogP contribution in [0, 0.1) is 5.92 Å². The Morgan fingerprint density at radius 3 is 2.83 bits per heavy atom. The molecule has 3 heterocycles. The average molecular weight is 250 g/mol. The highest BCUT2D eigenvalue weighted by Gasteiger charge is 2.29. The maximum Gasteiger partial charge on any atom is 0.257 e. The molecule has 0 amide bonds. The van der Waals surface area contributed by atoms with Gasteiger partial charge in [0.15, 0.2) is 0 Å². The van der Waals surface area contributed by atoms with E-state index in [-0.39, 0.29) is 11.5 Å². The summed E-state index contributed by atoms with van der Waals surface area (Å²) in [4.78, 5) is 18.5. The molecule has 0 radical (unpaired) electrons. The normalized spacial score (nSPS) is 24.3. The molecule has 4 N–H and O–H groups in total. The molecule has 1 unspecified atom stereocenters. The molecule has 0 saturated carbocycles. The Bertz CT molecular complexity index is 493. The van der Waals surface area contributed by atoms with Gasteiger partial charge in [0.05, 0.1) is 5.56 Å². The molecule has 1 atom stereocenters. The van der Waals surface area contributed by atoms with Gasteiger partial charge in [-0.3, -0.25) is 9.78 Å². The van der Waals surface area contributed by atoms with Crippen LogP contribution >= 0.6 is 0 Å². The van der Waals surface area contributed by atoms with Gasteiger partial charge in [0.2, 0.25) is 5.95 Å². The molecule has 0 spiro atoms. The molecule has 1 fully saturated rings. The second kappa shape index (κ2) is 4.61. The second-order valence-electron chi connectivity index (χ2n) is 5.02. The van der Waals surface area contributed by atoms with E-state index in [1.54, 1.807) is 0 Å². The molecule has 0 aromatic carbocycles. The van der Waals surface area contributed by atoms with E-state index >= 15 is 0 Å². The number of rotatable bonds is 1. The number of nitrogens with one attached hydrogen (secondary N) is 2. The van der Waals surface area contributed by atoms with Crippen LogP contribution in [0.15, 0.2) is 4.79 Å². The summed E-state index contributed by atoms with van der Waals surface area (Å²) < 4.78 is 5.38. The maximum absolute atomic E-state index is 11.7. The Morgan fingerprint density at radius 2 is 2.06 bits per heavy atom. The van der Waals surface area contributed by atoms with E-state index in [9.17, 15) is 4.79 Å². The predicted molar refractivity (Wildman–Crippen MR) is 68.5 cm³/mol. The molecule has 3 rings (SSSR count). The number of H-pyrrole nitrogens is 1. The van der Waals surface area contributed by atoms with Crippen molar-refractivity contribution in [2.75, 3.05) is 24.3 Å². The third kappa shape index (κ3) is 2.08. The van der Waals surface area contributed by atoms with E-state index in [0.717, 1.165) is 44.5 Å². The summed E-state index contributed by atoms with van der Waals surface area (Å²) in [7, 11) is 0. The number of fused-ring (bicyclic) bond motifs is 1. The first-order chi connectivity index (χ1) is 8.74. The fraction of sp³-hybridized carbons (Fsp3) is 0.667. The third-order valence-electron chi connectivity index (χ3n) is 3.90. The summed E-state index contributed by atoms with van der Waals surface area (Å²) >= 11 is 0. The number of hydrogen-bond acceptors (Lipinski definition) is 5. The molecular formula is C12H18N4O2. The Kier molecular flexibility index (Phi) is 2.95. The monoisotopic (exact) mass is 250 g/mol. The first kappa shape index (κ1) is 11.5. The lowest BCUT2D eigenvalue weighted by molar-refractivity contribution is 0.0593. The van der Waals surface area contributed by atoms with Crippen molar-refractivity contribution in [3.05, 3.63) is 15.9 Å². The van der Waals surface area contributed by atoms with Crippen LogP contribution < -0.4 is 16.6 Å². The molecule has 0 bridgehead atoms. The minimum absolute atomic E-state index is 0.115. The maximum atomic E-state index is 11.7. The molecule has 1 aromatic heterocycles. The fourth-order valence-corrected chi connectivity index (χ4v) is 2.89. The van der Waals surface area contributed by atoms with Gasteiger partial charge >= 0.3 is 0 Å². The van der Waals surface area contributed by atoms with Crippen molar-refractivity contribution >= 4 is 11.8 Å². The Labute approximate surface area is 105 Å². The third-order valence-corrected chi connectivity index (χ3v) is 3.90. The number of nitrogens with zero attached hydrogens (tertiary/aromatic N) is 1. The van der Waals surface area contributed by atoms with Gasteiger partial charge in [-0.05, 0) is 31.6 Å². The van der Waals surface area contributed by atoms with E-state index < -0.39 is 0 Å². The van der Waals surface area contributed by atoms with Crippen LogP contribution in [0.25, 0.3) is 0 Å². The standard InChI is InChI=1S/C12H18N4O2/c13-12-15-10-8(11(17)16-12)1-2-9(14-10)7-3-5-18-6-4-7/h7,9H,1-6H2,(H4,13,14,15,16,17). The topological polar surface area (TPSA) is 93.0 Å². The fourth-order valence-electron chi connectivity index (χ4n) is 2.89. The first-order valence-electron chi connectivity index (χ1n) is 6.47. The lowest BCUT2D eigenvalue weighted by atomic mass is 9.86. The SMILES string of the molecule is Nc1nc2c(c(=O)[nH]1)CCC(C1CCOCC1)N2. The Morgan fingerprint density at radius 1 is 1.28 bits per heavy atom. The number of nitrogen functional groups attached to an aromatic ring is 1. The number of aromatic nitrogens is 2. The number of anilines is 2. The van der Waals surface area contributed by atoms with Gasteiger partial charge < -0.3 is 15.8 Å². The van der Waals surface area contributed by atoms with Crippen LogP contribution in [0.5, 0.6) is 0 Å². The van der Waals surface area contributed by atoms with Crippen molar-refractivity contribution in [2.24, 2.45) is 5.92 Å². The zero-order chi connectivity index (χ0) is 12.5. The van der Waals surface area contributed by atoms with Gasteiger partial charge in [0, 0.05) is 19.3 Å². The molecule has 18 heavy (non-hydrogen) atoms. The van der Waals surface area contributed by atoms with Crippen LogP contribution in [0.1, 0.15) is 24.8 Å². The van der Waals surface area contributed by atoms with Crippen LogP contribution in [0.4, 0.5) is 11.8 Å². The van der Waals surface area contributed by atoms with E-state index in [4.69, 9.17) is 10.5 Å². The average Bonchev–Trinajstić information content (AvgIpc) is 2.39. The van der Waals surface area contributed by atoms with E-state index in [2.05, 4.69) is 15.3 Å². The molecule has 2 aliphatic heterocycles. The molecule has 2 aliphatic rings. The van der Waals surface area contributed by atoms with Crippen molar-refractivity contribution in [1.29, 1.82) is 0 Å². The lowest BCUT2D eigenvalue weighted by Crippen LogP contribution is -2.38. The molecular weight excluding hydrogens is 232 g/mol. The van der Waals surface area contributed by atoms with Crippen molar-refractivity contribution in [3.8, 4) is 0 Å². The summed E-state index contributed by atoms with van der Waals surface area (Å²) in [6.07, 6.45) is 3.90. The number of aromatic amines is 1. The van der Waals surface area contributed by atoms with Crippen molar-refractivity contribution in [1.82, 2.24) is 9.97 Å². The van der Waals surface area contributed by atoms with Crippen LogP contribution in [-0.2, 0) is 11.2 Å². The number of nitrogens with two attached hydrogens (primary N) is 1. The lowest BCUT2D eigenvalue weighted by Gasteiger charge is -2.34. The predicted octanol–water partition coefficient (Wildman–Crippen LogP) is 0.505. The van der Waals surface area contributed by atoms with Crippen molar-refractivity contribution in [2.45, 2.75) is 31.7 Å². The highest BCUT2D eigenvalue weighted by atomic mass is 16.5. The summed E-state index contributed by atoms with van der Waals surface area (Å²) in [5.41, 5.74) is 6.19. The summed E-state index contributed by atoms with van der Waals surface area (Å²) in [5, 5.41) is 3.38.